The van der Waals surface area contributed by atoms with Crippen molar-refractivity contribution in [3.8, 4) is 0 Å². The molecule has 2 nitrogen and oxygen atoms in total. The molecular weight excluding hydrogens is 186 g/mol. The fourth-order valence-corrected chi connectivity index (χ4v) is 1.98. The molecule has 1 atom stereocenters. The zero-order valence-corrected chi connectivity index (χ0v) is 9.11. The van der Waals surface area contributed by atoms with Crippen molar-refractivity contribution in [2.24, 2.45) is 0 Å². The number of hydrogen-bond donors (Lipinski definition) is 1. The van der Waals surface area contributed by atoms with Crippen molar-refractivity contribution in [3.05, 3.63) is 35.9 Å². The van der Waals surface area contributed by atoms with Crippen molar-refractivity contribution in [2.45, 2.75) is 25.4 Å². The molecule has 0 saturated carbocycles. The number of ether oxygens (including phenoxy) is 1. The van der Waals surface area contributed by atoms with E-state index >= 15 is 0 Å². The molecule has 0 amide bonds. The van der Waals surface area contributed by atoms with E-state index in [2.05, 4.69) is 35.6 Å². The second kappa shape index (κ2) is 5.89. The molecule has 2 rings (SSSR count). The largest absolute Gasteiger partial charge is 0.376 e. The van der Waals surface area contributed by atoms with E-state index in [1.54, 1.807) is 0 Å². The predicted molar refractivity (Wildman–Crippen MR) is 62.0 cm³/mol. The average molecular weight is 205 g/mol. The zero-order valence-electron chi connectivity index (χ0n) is 9.11. The van der Waals surface area contributed by atoms with Crippen molar-refractivity contribution in [1.29, 1.82) is 0 Å². The lowest BCUT2D eigenvalue weighted by atomic mass is 10.1. The van der Waals surface area contributed by atoms with Crippen LogP contribution in [0.2, 0.25) is 0 Å². The Labute approximate surface area is 91.6 Å². The molecule has 1 heterocycles. The Morgan fingerprint density at radius 1 is 1.27 bits per heavy atom. The van der Waals surface area contributed by atoms with E-state index in [0.29, 0.717) is 6.10 Å². The van der Waals surface area contributed by atoms with E-state index < -0.39 is 0 Å². The van der Waals surface area contributed by atoms with Crippen LogP contribution in [-0.4, -0.2) is 25.8 Å². The molecule has 1 N–H and O–H groups in total. The van der Waals surface area contributed by atoms with Crippen molar-refractivity contribution < 1.29 is 4.74 Å². The summed E-state index contributed by atoms with van der Waals surface area (Å²) in [5, 5.41) is 3.36. The standard InChI is InChI=1S/C13H19NO/c1-2-5-12(6-3-1)7-4-8-13-11-14-9-10-15-13/h1-3,5-6,13-14H,4,7-11H2. The SMILES string of the molecule is c1ccc(CCCC2CNCCO2)cc1. The van der Waals surface area contributed by atoms with Gasteiger partial charge in [0.1, 0.15) is 0 Å². The number of hydrogen-bond acceptors (Lipinski definition) is 2. The monoisotopic (exact) mass is 205 g/mol. The normalized spacial score (nSPS) is 21.5. The maximum atomic E-state index is 5.65. The van der Waals surface area contributed by atoms with Gasteiger partial charge in [-0.05, 0) is 24.8 Å². The maximum absolute atomic E-state index is 5.65. The molecule has 0 aliphatic carbocycles. The molecule has 1 unspecified atom stereocenters. The van der Waals surface area contributed by atoms with Crippen LogP contribution in [0.25, 0.3) is 0 Å². The van der Waals surface area contributed by atoms with Crippen molar-refractivity contribution in [3.63, 3.8) is 0 Å². The molecular formula is C13H19NO. The summed E-state index contributed by atoms with van der Waals surface area (Å²) in [6, 6.07) is 10.7. The first-order chi connectivity index (χ1) is 7.45. The fraction of sp³-hybridized carbons (Fsp3) is 0.538. The molecule has 0 radical (unpaired) electrons. The highest BCUT2D eigenvalue weighted by atomic mass is 16.5. The Balaban J connectivity index is 1.66. The van der Waals surface area contributed by atoms with Gasteiger partial charge in [0.15, 0.2) is 0 Å². The van der Waals surface area contributed by atoms with Gasteiger partial charge < -0.3 is 10.1 Å². The Kier molecular flexibility index (Phi) is 4.18. The first-order valence-electron chi connectivity index (χ1n) is 5.81. The van der Waals surface area contributed by atoms with Gasteiger partial charge in [0.25, 0.3) is 0 Å². The van der Waals surface area contributed by atoms with Crippen LogP contribution in [0.3, 0.4) is 0 Å². The van der Waals surface area contributed by atoms with Crippen molar-refractivity contribution in [1.82, 2.24) is 5.32 Å². The van der Waals surface area contributed by atoms with Gasteiger partial charge in [-0.25, -0.2) is 0 Å². The summed E-state index contributed by atoms with van der Waals surface area (Å²) in [7, 11) is 0. The van der Waals surface area contributed by atoms with Crippen LogP contribution in [0, 0.1) is 0 Å². The average Bonchev–Trinajstić information content (AvgIpc) is 2.32. The third-order valence-corrected chi connectivity index (χ3v) is 2.84. The highest BCUT2D eigenvalue weighted by molar-refractivity contribution is 5.14. The van der Waals surface area contributed by atoms with E-state index in [0.717, 1.165) is 19.7 Å². The third-order valence-electron chi connectivity index (χ3n) is 2.84. The Morgan fingerprint density at radius 3 is 2.87 bits per heavy atom. The highest BCUT2D eigenvalue weighted by Crippen LogP contribution is 2.09. The lowest BCUT2D eigenvalue weighted by Crippen LogP contribution is -2.38. The third kappa shape index (κ3) is 3.65. The molecule has 1 aromatic carbocycles. The van der Waals surface area contributed by atoms with Crippen LogP contribution in [-0.2, 0) is 11.2 Å². The summed E-state index contributed by atoms with van der Waals surface area (Å²) in [5.41, 5.74) is 1.43. The molecule has 0 spiro atoms. The fourth-order valence-electron chi connectivity index (χ4n) is 1.98. The number of nitrogens with one attached hydrogen (secondary N) is 1. The highest BCUT2D eigenvalue weighted by Gasteiger charge is 2.12. The number of rotatable bonds is 4. The van der Waals surface area contributed by atoms with Crippen LogP contribution < -0.4 is 5.32 Å². The molecule has 1 aromatic rings. The van der Waals surface area contributed by atoms with Gasteiger partial charge >= 0.3 is 0 Å². The van der Waals surface area contributed by atoms with Gasteiger partial charge in [0.2, 0.25) is 0 Å². The van der Waals surface area contributed by atoms with Gasteiger partial charge in [-0.2, -0.15) is 0 Å². The minimum atomic E-state index is 0.433. The minimum Gasteiger partial charge on any atom is -0.376 e. The molecule has 1 aliphatic rings. The van der Waals surface area contributed by atoms with E-state index in [1.807, 2.05) is 0 Å². The lowest BCUT2D eigenvalue weighted by Gasteiger charge is -2.23. The van der Waals surface area contributed by atoms with Crippen LogP contribution in [0.15, 0.2) is 30.3 Å². The summed E-state index contributed by atoms with van der Waals surface area (Å²) in [6.07, 6.45) is 3.99. The molecule has 2 heteroatoms. The molecule has 82 valence electrons. The van der Waals surface area contributed by atoms with E-state index in [-0.39, 0.29) is 0 Å². The summed E-state index contributed by atoms with van der Waals surface area (Å²) in [4.78, 5) is 0. The second-order valence-electron chi connectivity index (χ2n) is 4.07. The molecule has 15 heavy (non-hydrogen) atoms. The van der Waals surface area contributed by atoms with Gasteiger partial charge in [-0.15, -0.1) is 0 Å². The second-order valence-corrected chi connectivity index (χ2v) is 4.07. The molecule has 1 aliphatic heterocycles. The Hall–Kier alpha value is -0.860. The number of aryl methyl sites for hydroxylation is 1. The van der Waals surface area contributed by atoms with Gasteiger partial charge in [0, 0.05) is 13.1 Å². The van der Waals surface area contributed by atoms with Crippen LogP contribution in [0.4, 0.5) is 0 Å². The Bertz CT molecular complexity index is 267. The van der Waals surface area contributed by atoms with Crippen LogP contribution >= 0.6 is 0 Å². The van der Waals surface area contributed by atoms with Gasteiger partial charge in [0.05, 0.1) is 12.7 Å². The summed E-state index contributed by atoms with van der Waals surface area (Å²) in [6.45, 7) is 2.90. The summed E-state index contributed by atoms with van der Waals surface area (Å²) in [5.74, 6) is 0. The first-order valence-corrected chi connectivity index (χ1v) is 5.81. The number of benzene rings is 1. The van der Waals surface area contributed by atoms with Crippen molar-refractivity contribution in [2.75, 3.05) is 19.7 Å². The van der Waals surface area contributed by atoms with E-state index in [9.17, 15) is 0 Å². The molecule has 1 saturated heterocycles. The summed E-state index contributed by atoms with van der Waals surface area (Å²) < 4.78 is 5.65. The summed E-state index contributed by atoms with van der Waals surface area (Å²) >= 11 is 0. The zero-order chi connectivity index (χ0) is 10.3. The quantitative estimate of drug-likeness (QED) is 0.811. The molecule has 0 aromatic heterocycles. The van der Waals surface area contributed by atoms with Crippen molar-refractivity contribution >= 4 is 0 Å². The lowest BCUT2D eigenvalue weighted by molar-refractivity contribution is 0.0225. The predicted octanol–water partition coefficient (Wildman–Crippen LogP) is 2.00. The van der Waals surface area contributed by atoms with Gasteiger partial charge in [-0.3, -0.25) is 0 Å². The van der Waals surface area contributed by atoms with E-state index in [4.69, 9.17) is 4.74 Å². The topological polar surface area (TPSA) is 21.3 Å². The van der Waals surface area contributed by atoms with Crippen LogP contribution in [0.1, 0.15) is 18.4 Å². The van der Waals surface area contributed by atoms with Gasteiger partial charge in [-0.1, -0.05) is 30.3 Å². The van der Waals surface area contributed by atoms with Crippen LogP contribution in [0.5, 0.6) is 0 Å². The molecule has 1 fully saturated rings. The smallest absolute Gasteiger partial charge is 0.0700 e. The maximum Gasteiger partial charge on any atom is 0.0700 e. The Morgan fingerprint density at radius 2 is 2.13 bits per heavy atom. The minimum absolute atomic E-state index is 0.433. The van der Waals surface area contributed by atoms with E-state index in [1.165, 1.54) is 24.8 Å². The first kappa shape index (κ1) is 10.7. The molecule has 0 bridgehead atoms. The number of morpholine rings is 1.